The molecule has 0 aliphatic carbocycles. The van der Waals surface area contributed by atoms with Crippen molar-refractivity contribution in [1.82, 2.24) is 14.8 Å². The molecule has 0 saturated heterocycles. The fourth-order valence-corrected chi connectivity index (χ4v) is 2.60. The van der Waals surface area contributed by atoms with E-state index < -0.39 is 0 Å². The molecule has 0 aliphatic rings. The summed E-state index contributed by atoms with van der Waals surface area (Å²) in [6, 6.07) is 0. The highest BCUT2D eigenvalue weighted by Gasteiger charge is 2.15. The highest BCUT2D eigenvalue weighted by atomic mass is 127. The molecule has 7 heteroatoms. The molecular weight excluding hydrogens is 339 g/mol. The van der Waals surface area contributed by atoms with E-state index in [4.69, 9.17) is 0 Å². The van der Waals surface area contributed by atoms with Crippen LogP contribution in [0.4, 0.5) is 5.13 Å². The van der Waals surface area contributed by atoms with Crippen LogP contribution in [0, 0.1) is 10.5 Å². The van der Waals surface area contributed by atoms with Gasteiger partial charge in [-0.1, -0.05) is 0 Å². The second-order valence-electron chi connectivity index (χ2n) is 3.23. The summed E-state index contributed by atoms with van der Waals surface area (Å²) < 4.78 is 2.44. The van der Waals surface area contributed by atoms with E-state index >= 15 is 0 Å². The summed E-state index contributed by atoms with van der Waals surface area (Å²) in [6.07, 6.45) is 3.52. The smallest absolute Gasteiger partial charge is 0.279 e. The fraction of sp³-hybridized carbons (Fsp3) is 0.222. The lowest BCUT2D eigenvalue weighted by molar-refractivity contribution is 0.102. The van der Waals surface area contributed by atoms with Crippen LogP contribution in [-0.2, 0) is 7.05 Å². The number of carbonyl (C=O) groups excluding carboxylic acids is 1. The third-order valence-electron chi connectivity index (χ3n) is 1.84. The maximum atomic E-state index is 11.8. The Bertz CT molecular complexity index is 533. The Morgan fingerprint density at radius 2 is 2.38 bits per heavy atom. The molecule has 0 spiro atoms. The molecule has 0 saturated carbocycles. The molecule has 0 unspecified atom stereocenters. The normalized spacial score (nSPS) is 10.4. The Kier molecular flexibility index (Phi) is 3.24. The van der Waals surface area contributed by atoms with E-state index in [1.807, 2.05) is 6.92 Å². The molecule has 0 atom stereocenters. The summed E-state index contributed by atoms with van der Waals surface area (Å²) in [4.78, 5) is 17.0. The van der Waals surface area contributed by atoms with Crippen molar-refractivity contribution in [1.29, 1.82) is 0 Å². The average molecular weight is 348 g/mol. The van der Waals surface area contributed by atoms with E-state index in [-0.39, 0.29) is 5.91 Å². The summed E-state index contributed by atoms with van der Waals surface area (Å²) in [6.45, 7) is 1.94. The van der Waals surface area contributed by atoms with Gasteiger partial charge in [0.05, 0.1) is 3.57 Å². The SMILES string of the molecule is Cc1cnc(NC(=O)c2nn(C)cc2I)s1. The first-order valence-electron chi connectivity index (χ1n) is 4.49. The predicted octanol–water partition coefficient (Wildman–Crippen LogP) is 2.04. The van der Waals surface area contributed by atoms with Crippen LogP contribution in [0.5, 0.6) is 0 Å². The van der Waals surface area contributed by atoms with Gasteiger partial charge >= 0.3 is 0 Å². The maximum absolute atomic E-state index is 11.8. The van der Waals surface area contributed by atoms with Crippen molar-refractivity contribution >= 4 is 45.0 Å². The van der Waals surface area contributed by atoms with Gasteiger partial charge in [-0.25, -0.2) is 4.98 Å². The molecule has 0 fully saturated rings. The second kappa shape index (κ2) is 4.50. The van der Waals surface area contributed by atoms with Crippen LogP contribution in [0.3, 0.4) is 0 Å². The van der Waals surface area contributed by atoms with Gasteiger partial charge < -0.3 is 0 Å². The number of carbonyl (C=O) groups is 1. The Morgan fingerprint density at radius 1 is 1.62 bits per heavy atom. The van der Waals surface area contributed by atoms with Crippen LogP contribution in [0.2, 0.25) is 0 Å². The highest BCUT2D eigenvalue weighted by molar-refractivity contribution is 14.1. The number of aromatic nitrogens is 3. The number of hydrogen-bond donors (Lipinski definition) is 1. The monoisotopic (exact) mass is 348 g/mol. The van der Waals surface area contributed by atoms with E-state index in [1.54, 1.807) is 24.1 Å². The van der Waals surface area contributed by atoms with Crippen molar-refractivity contribution in [3.63, 3.8) is 0 Å². The van der Waals surface area contributed by atoms with Crippen molar-refractivity contribution < 1.29 is 4.79 Å². The molecule has 16 heavy (non-hydrogen) atoms. The van der Waals surface area contributed by atoms with Gasteiger partial charge in [-0.15, -0.1) is 11.3 Å². The Balaban J connectivity index is 2.17. The van der Waals surface area contributed by atoms with Crippen LogP contribution in [0.25, 0.3) is 0 Å². The first kappa shape index (κ1) is 11.5. The molecule has 5 nitrogen and oxygen atoms in total. The number of anilines is 1. The predicted molar refractivity (Wildman–Crippen MR) is 70.7 cm³/mol. The summed E-state index contributed by atoms with van der Waals surface area (Å²) in [7, 11) is 1.78. The van der Waals surface area contributed by atoms with Crippen LogP contribution in [-0.4, -0.2) is 20.7 Å². The summed E-state index contributed by atoms with van der Waals surface area (Å²) >= 11 is 3.53. The molecule has 1 amide bonds. The van der Waals surface area contributed by atoms with Gasteiger partial charge in [0.1, 0.15) is 0 Å². The summed E-state index contributed by atoms with van der Waals surface area (Å²) in [5.74, 6) is -0.223. The zero-order chi connectivity index (χ0) is 11.7. The lowest BCUT2D eigenvalue weighted by atomic mass is 10.4. The van der Waals surface area contributed by atoms with Crippen molar-refractivity contribution in [2.75, 3.05) is 5.32 Å². The zero-order valence-corrected chi connectivity index (χ0v) is 11.7. The van der Waals surface area contributed by atoms with Crippen molar-refractivity contribution in [2.45, 2.75) is 6.92 Å². The minimum absolute atomic E-state index is 0.223. The topological polar surface area (TPSA) is 59.8 Å². The third kappa shape index (κ3) is 2.40. The van der Waals surface area contributed by atoms with Gasteiger partial charge in [0.15, 0.2) is 10.8 Å². The molecule has 1 N–H and O–H groups in total. The molecule has 2 rings (SSSR count). The van der Waals surface area contributed by atoms with E-state index in [2.05, 4.69) is 38.0 Å². The van der Waals surface area contributed by atoms with Crippen LogP contribution < -0.4 is 5.32 Å². The Morgan fingerprint density at radius 3 is 2.88 bits per heavy atom. The van der Waals surface area contributed by atoms with Crippen LogP contribution in [0.1, 0.15) is 15.4 Å². The molecule has 0 aliphatic heterocycles. The number of rotatable bonds is 2. The summed E-state index contributed by atoms with van der Waals surface area (Å²) in [5, 5.41) is 7.41. The quantitative estimate of drug-likeness (QED) is 0.845. The largest absolute Gasteiger partial charge is 0.296 e. The number of hydrogen-bond acceptors (Lipinski definition) is 4. The molecule has 0 radical (unpaired) electrons. The molecule has 0 aromatic carbocycles. The Hall–Kier alpha value is -0.960. The second-order valence-corrected chi connectivity index (χ2v) is 5.63. The van der Waals surface area contributed by atoms with Gasteiger partial charge in [-0.3, -0.25) is 14.8 Å². The first-order chi connectivity index (χ1) is 7.56. The van der Waals surface area contributed by atoms with E-state index in [0.717, 1.165) is 8.45 Å². The Labute approximate surface area is 110 Å². The fourth-order valence-electron chi connectivity index (χ4n) is 1.18. The van der Waals surface area contributed by atoms with E-state index in [9.17, 15) is 4.79 Å². The minimum atomic E-state index is -0.223. The van der Waals surface area contributed by atoms with Gasteiger partial charge in [-0.2, -0.15) is 5.10 Å². The number of nitrogens with one attached hydrogen (secondary N) is 1. The van der Waals surface area contributed by atoms with Crippen molar-refractivity contribution in [2.24, 2.45) is 7.05 Å². The first-order valence-corrected chi connectivity index (χ1v) is 6.38. The standard InChI is InChI=1S/C9H9IN4OS/c1-5-3-11-9(16-5)12-8(15)7-6(10)4-14(2)13-7/h3-4H,1-2H3,(H,11,12,15). The van der Waals surface area contributed by atoms with Crippen molar-refractivity contribution in [3.8, 4) is 0 Å². The average Bonchev–Trinajstić information content (AvgIpc) is 2.73. The molecule has 2 heterocycles. The van der Waals surface area contributed by atoms with Gasteiger partial charge in [0.2, 0.25) is 0 Å². The summed E-state index contributed by atoms with van der Waals surface area (Å²) in [5.41, 5.74) is 0.427. The molecule has 2 aromatic heterocycles. The van der Waals surface area contributed by atoms with Gasteiger partial charge in [-0.05, 0) is 29.5 Å². The van der Waals surface area contributed by atoms with Gasteiger partial charge in [0, 0.05) is 24.3 Å². The third-order valence-corrected chi connectivity index (χ3v) is 3.46. The lowest BCUT2D eigenvalue weighted by Crippen LogP contribution is -2.13. The zero-order valence-electron chi connectivity index (χ0n) is 8.69. The number of aryl methyl sites for hydroxylation is 2. The number of thiazole rings is 1. The number of halogens is 1. The lowest BCUT2D eigenvalue weighted by Gasteiger charge is -1.97. The van der Waals surface area contributed by atoms with Crippen molar-refractivity contribution in [3.05, 3.63) is 26.5 Å². The number of amides is 1. The van der Waals surface area contributed by atoms with E-state index in [0.29, 0.717) is 10.8 Å². The molecule has 0 bridgehead atoms. The molecular formula is C9H9IN4OS. The van der Waals surface area contributed by atoms with Gasteiger partial charge in [0.25, 0.3) is 5.91 Å². The minimum Gasteiger partial charge on any atom is -0.296 e. The maximum Gasteiger partial charge on any atom is 0.279 e. The molecule has 84 valence electrons. The van der Waals surface area contributed by atoms with Crippen LogP contribution >= 0.6 is 33.9 Å². The van der Waals surface area contributed by atoms with Crippen LogP contribution in [0.15, 0.2) is 12.4 Å². The highest BCUT2D eigenvalue weighted by Crippen LogP contribution is 2.18. The molecule has 2 aromatic rings. The number of nitrogens with zero attached hydrogens (tertiary/aromatic N) is 3. The van der Waals surface area contributed by atoms with E-state index in [1.165, 1.54) is 11.3 Å².